The smallest absolute Gasteiger partial charge is 0.399 e. The molecule has 2 rings (SSSR count). The van der Waals surface area contributed by atoms with Crippen molar-refractivity contribution in [2.24, 2.45) is 12.2 Å². The molecular formula is C15H13F6N3OS. The highest BCUT2D eigenvalue weighted by Crippen LogP contribution is 2.35. The van der Waals surface area contributed by atoms with Gasteiger partial charge in [0.1, 0.15) is 7.11 Å². The van der Waals surface area contributed by atoms with E-state index in [1.54, 1.807) is 0 Å². The fourth-order valence-electron chi connectivity index (χ4n) is 2.07. The quantitative estimate of drug-likeness (QED) is 0.317. The first-order chi connectivity index (χ1) is 12.0. The number of nitrogens with zero attached hydrogens (tertiary/aromatic N) is 3. The van der Waals surface area contributed by atoms with E-state index in [9.17, 15) is 26.3 Å². The zero-order valence-corrected chi connectivity index (χ0v) is 14.3. The molecule has 0 saturated heterocycles. The average Bonchev–Trinajstić information content (AvgIpc) is 2.92. The van der Waals surface area contributed by atoms with E-state index in [0.717, 1.165) is 10.7 Å². The predicted molar refractivity (Wildman–Crippen MR) is 85.0 cm³/mol. The van der Waals surface area contributed by atoms with Crippen molar-refractivity contribution >= 4 is 18.0 Å². The van der Waals surface area contributed by atoms with E-state index in [-0.39, 0.29) is 10.6 Å². The lowest BCUT2D eigenvalue weighted by Crippen LogP contribution is -2.10. The van der Waals surface area contributed by atoms with Crippen LogP contribution in [0, 0.1) is 0 Å². The van der Waals surface area contributed by atoms with Crippen LogP contribution < -0.4 is 0 Å². The third-order valence-electron chi connectivity index (χ3n) is 3.17. The van der Waals surface area contributed by atoms with Gasteiger partial charge in [-0.05, 0) is 12.1 Å². The molecule has 0 N–H and O–H groups in total. The minimum atomic E-state index is -4.62. The van der Waals surface area contributed by atoms with Crippen LogP contribution in [0.5, 0.6) is 0 Å². The van der Waals surface area contributed by atoms with Gasteiger partial charge in [0.2, 0.25) is 0 Å². The van der Waals surface area contributed by atoms with Gasteiger partial charge in [0.25, 0.3) is 0 Å². The maximum Gasteiger partial charge on any atom is 0.435 e. The van der Waals surface area contributed by atoms with E-state index < -0.39 is 23.8 Å². The van der Waals surface area contributed by atoms with Gasteiger partial charge in [-0.15, -0.1) is 11.8 Å². The third kappa shape index (κ3) is 5.16. The Bertz CT molecular complexity index is 798. The van der Waals surface area contributed by atoms with Crippen molar-refractivity contribution in [1.29, 1.82) is 0 Å². The molecular weight excluding hydrogens is 384 g/mol. The third-order valence-corrected chi connectivity index (χ3v) is 4.30. The Kier molecular flexibility index (Phi) is 5.89. The lowest BCUT2D eigenvalue weighted by Gasteiger charge is -2.10. The molecule has 0 unspecified atom stereocenters. The molecule has 0 amide bonds. The molecule has 1 aromatic carbocycles. The number of benzene rings is 1. The summed E-state index contributed by atoms with van der Waals surface area (Å²) in [6.07, 6.45) is -7.78. The summed E-state index contributed by atoms with van der Waals surface area (Å²) in [4.78, 5) is 4.72. The number of alkyl halides is 6. The molecule has 0 spiro atoms. The SMILES string of the molecule is CON=Cc1ccc(-c2cc(C(F)(F)F)nn2C)cc1SCC(F)(F)F. The molecule has 1 heterocycles. The fraction of sp³-hybridized carbons (Fsp3) is 0.333. The van der Waals surface area contributed by atoms with Crippen LogP contribution in [-0.4, -0.2) is 35.0 Å². The van der Waals surface area contributed by atoms with Crippen LogP contribution in [-0.2, 0) is 18.1 Å². The summed E-state index contributed by atoms with van der Waals surface area (Å²) in [7, 11) is 2.61. The molecule has 0 aliphatic heterocycles. The number of oxime groups is 1. The maximum absolute atomic E-state index is 12.8. The fourth-order valence-corrected chi connectivity index (χ4v) is 2.89. The molecule has 4 nitrogen and oxygen atoms in total. The molecule has 26 heavy (non-hydrogen) atoms. The summed E-state index contributed by atoms with van der Waals surface area (Å²) in [5.41, 5.74) is -0.302. The van der Waals surface area contributed by atoms with Gasteiger partial charge < -0.3 is 4.84 Å². The van der Waals surface area contributed by atoms with Crippen molar-refractivity contribution in [2.45, 2.75) is 17.2 Å². The second-order valence-electron chi connectivity index (χ2n) is 5.11. The average molecular weight is 397 g/mol. The highest BCUT2D eigenvalue weighted by atomic mass is 32.2. The normalized spacial score (nSPS) is 12.8. The molecule has 0 atom stereocenters. The van der Waals surface area contributed by atoms with E-state index in [2.05, 4.69) is 15.1 Å². The Balaban J connectivity index is 2.44. The van der Waals surface area contributed by atoms with Crippen LogP contribution in [0.1, 0.15) is 11.3 Å². The molecule has 0 aliphatic rings. The van der Waals surface area contributed by atoms with Gasteiger partial charge in [0.05, 0.1) is 17.7 Å². The van der Waals surface area contributed by atoms with Gasteiger partial charge in [-0.2, -0.15) is 31.4 Å². The van der Waals surface area contributed by atoms with Crippen molar-refractivity contribution in [1.82, 2.24) is 9.78 Å². The Morgan fingerprint density at radius 1 is 1.19 bits per heavy atom. The van der Waals surface area contributed by atoms with Crippen LogP contribution in [0.3, 0.4) is 0 Å². The van der Waals surface area contributed by atoms with Crippen LogP contribution in [0.25, 0.3) is 11.3 Å². The lowest BCUT2D eigenvalue weighted by atomic mass is 10.1. The summed E-state index contributed by atoms with van der Waals surface area (Å²) in [6.45, 7) is 0. The number of aromatic nitrogens is 2. The van der Waals surface area contributed by atoms with E-state index in [0.29, 0.717) is 22.9 Å². The zero-order chi connectivity index (χ0) is 19.5. The summed E-state index contributed by atoms with van der Waals surface area (Å²) >= 11 is 0.508. The Morgan fingerprint density at radius 2 is 1.88 bits per heavy atom. The number of rotatable bonds is 5. The van der Waals surface area contributed by atoms with Gasteiger partial charge in [-0.3, -0.25) is 4.68 Å². The maximum atomic E-state index is 12.8. The number of hydrogen-bond donors (Lipinski definition) is 0. The summed E-state index contributed by atoms with van der Waals surface area (Å²) in [6, 6.07) is 5.14. The molecule has 1 aromatic heterocycles. The number of halogens is 6. The monoisotopic (exact) mass is 397 g/mol. The van der Waals surface area contributed by atoms with Crippen molar-refractivity contribution in [2.75, 3.05) is 12.9 Å². The summed E-state index contributed by atoms with van der Waals surface area (Å²) in [5.74, 6) is -1.15. The standard InChI is InChI=1S/C15H13F6N3OS/c1-24-11(6-13(23-24)15(19,20)21)9-3-4-10(7-22-25-2)12(5-9)26-8-14(16,17)18/h3-7H,8H2,1-2H3. The molecule has 0 bridgehead atoms. The van der Waals surface area contributed by atoms with Gasteiger partial charge in [0.15, 0.2) is 5.69 Å². The number of aryl methyl sites for hydroxylation is 1. The first-order valence-corrected chi connectivity index (χ1v) is 8.01. The van der Waals surface area contributed by atoms with Crippen molar-refractivity contribution in [3.05, 3.63) is 35.5 Å². The molecule has 0 aliphatic carbocycles. The van der Waals surface area contributed by atoms with Crippen LogP contribution >= 0.6 is 11.8 Å². The van der Waals surface area contributed by atoms with Crippen molar-refractivity contribution in [3.63, 3.8) is 0 Å². The van der Waals surface area contributed by atoms with E-state index in [4.69, 9.17) is 0 Å². The van der Waals surface area contributed by atoms with Gasteiger partial charge in [0, 0.05) is 23.1 Å². The number of hydrogen-bond acceptors (Lipinski definition) is 4. The van der Waals surface area contributed by atoms with Gasteiger partial charge >= 0.3 is 12.4 Å². The highest BCUT2D eigenvalue weighted by molar-refractivity contribution is 7.99. The Labute approximate surface area is 148 Å². The zero-order valence-electron chi connectivity index (χ0n) is 13.5. The number of thioether (sulfide) groups is 1. The van der Waals surface area contributed by atoms with Crippen molar-refractivity contribution < 1.29 is 31.2 Å². The Hall–Kier alpha value is -2.17. The summed E-state index contributed by atoms with van der Waals surface area (Å²) in [5, 5.41) is 6.92. The highest BCUT2D eigenvalue weighted by Gasteiger charge is 2.34. The second kappa shape index (κ2) is 7.60. The van der Waals surface area contributed by atoms with E-state index >= 15 is 0 Å². The molecule has 142 valence electrons. The topological polar surface area (TPSA) is 39.4 Å². The largest absolute Gasteiger partial charge is 0.435 e. The summed E-state index contributed by atoms with van der Waals surface area (Å²) < 4.78 is 77.0. The lowest BCUT2D eigenvalue weighted by molar-refractivity contribution is -0.141. The van der Waals surface area contributed by atoms with Crippen molar-refractivity contribution in [3.8, 4) is 11.3 Å². The molecule has 0 radical (unpaired) electrons. The van der Waals surface area contributed by atoms with Crippen LogP contribution in [0.2, 0.25) is 0 Å². The molecule has 2 aromatic rings. The first kappa shape index (κ1) is 20.1. The molecule has 0 fully saturated rings. The van der Waals surface area contributed by atoms with E-state index in [1.807, 2.05) is 0 Å². The second-order valence-corrected chi connectivity index (χ2v) is 6.13. The Morgan fingerprint density at radius 3 is 2.42 bits per heavy atom. The minimum Gasteiger partial charge on any atom is -0.399 e. The van der Waals surface area contributed by atoms with E-state index in [1.165, 1.54) is 38.6 Å². The molecule has 0 saturated carbocycles. The van der Waals surface area contributed by atoms with Crippen LogP contribution in [0.15, 0.2) is 34.3 Å². The van der Waals surface area contributed by atoms with Gasteiger partial charge in [-0.25, -0.2) is 0 Å². The first-order valence-electron chi connectivity index (χ1n) is 7.03. The predicted octanol–water partition coefficient (Wildman–Crippen LogP) is 4.74. The van der Waals surface area contributed by atoms with Gasteiger partial charge in [-0.1, -0.05) is 17.3 Å². The molecule has 11 heteroatoms. The minimum absolute atomic E-state index is 0.126. The van der Waals surface area contributed by atoms with Crippen LogP contribution in [0.4, 0.5) is 26.3 Å².